The predicted molar refractivity (Wildman–Crippen MR) is 69.0 cm³/mol. The SMILES string of the molecule is C#CC(=O)C1(NC(=O)OC(C)(C)C)CCCCC1. The molecule has 0 aliphatic heterocycles. The molecule has 1 saturated carbocycles. The van der Waals surface area contributed by atoms with E-state index in [4.69, 9.17) is 11.2 Å². The molecule has 18 heavy (non-hydrogen) atoms. The second kappa shape index (κ2) is 5.43. The molecule has 0 aromatic carbocycles. The zero-order valence-corrected chi connectivity index (χ0v) is 11.3. The lowest BCUT2D eigenvalue weighted by molar-refractivity contribution is -0.121. The van der Waals surface area contributed by atoms with E-state index in [9.17, 15) is 9.59 Å². The van der Waals surface area contributed by atoms with Crippen molar-refractivity contribution in [3.63, 3.8) is 0 Å². The van der Waals surface area contributed by atoms with Crippen LogP contribution in [0.4, 0.5) is 4.79 Å². The second-order valence-electron chi connectivity index (χ2n) is 5.74. The first-order valence-electron chi connectivity index (χ1n) is 6.31. The lowest BCUT2D eigenvalue weighted by Gasteiger charge is -2.35. The molecule has 4 heteroatoms. The van der Waals surface area contributed by atoms with Gasteiger partial charge in [0.15, 0.2) is 0 Å². The number of nitrogens with one attached hydrogen (secondary N) is 1. The highest BCUT2D eigenvalue weighted by atomic mass is 16.6. The first kappa shape index (κ1) is 14.6. The van der Waals surface area contributed by atoms with Crippen LogP contribution < -0.4 is 5.32 Å². The molecule has 0 heterocycles. The van der Waals surface area contributed by atoms with E-state index < -0.39 is 17.2 Å². The third-order valence-corrected chi connectivity index (χ3v) is 3.01. The van der Waals surface area contributed by atoms with Gasteiger partial charge in [-0.2, -0.15) is 0 Å². The van der Waals surface area contributed by atoms with E-state index in [1.807, 2.05) is 0 Å². The van der Waals surface area contributed by atoms with Gasteiger partial charge in [0.25, 0.3) is 0 Å². The summed E-state index contributed by atoms with van der Waals surface area (Å²) in [4.78, 5) is 23.7. The van der Waals surface area contributed by atoms with Crippen molar-refractivity contribution in [1.82, 2.24) is 5.32 Å². The lowest BCUT2D eigenvalue weighted by Crippen LogP contribution is -2.56. The second-order valence-corrected chi connectivity index (χ2v) is 5.74. The lowest BCUT2D eigenvalue weighted by atomic mass is 9.79. The normalized spacial score (nSPS) is 18.6. The highest BCUT2D eigenvalue weighted by Crippen LogP contribution is 2.29. The fraction of sp³-hybridized carbons (Fsp3) is 0.714. The number of Topliss-reactive ketones (excluding diaryl/α,β-unsaturated/α-hetero) is 1. The molecular weight excluding hydrogens is 230 g/mol. The summed E-state index contributed by atoms with van der Waals surface area (Å²) < 4.78 is 5.19. The van der Waals surface area contributed by atoms with Gasteiger partial charge >= 0.3 is 6.09 Å². The fourth-order valence-corrected chi connectivity index (χ4v) is 2.20. The van der Waals surface area contributed by atoms with E-state index in [1.54, 1.807) is 20.8 Å². The average Bonchev–Trinajstić information content (AvgIpc) is 2.26. The summed E-state index contributed by atoms with van der Waals surface area (Å²) in [6.45, 7) is 5.34. The van der Waals surface area contributed by atoms with Crippen LogP contribution in [0, 0.1) is 12.3 Å². The van der Waals surface area contributed by atoms with Crippen LogP contribution in [0.2, 0.25) is 0 Å². The molecule has 1 N–H and O–H groups in total. The van der Waals surface area contributed by atoms with Crippen molar-refractivity contribution in [2.24, 2.45) is 0 Å². The first-order valence-corrected chi connectivity index (χ1v) is 6.31. The Balaban J connectivity index is 2.77. The molecule has 1 amide bonds. The van der Waals surface area contributed by atoms with Gasteiger partial charge in [0.05, 0.1) is 0 Å². The van der Waals surface area contributed by atoms with Crippen LogP contribution in [-0.4, -0.2) is 23.0 Å². The molecule has 0 atom stereocenters. The largest absolute Gasteiger partial charge is 0.444 e. The van der Waals surface area contributed by atoms with E-state index in [0.29, 0.717) is 12.8 Å². The van der Waals surface area contributed by atoms with E-state index in [2.05, 4.69) is 11.2 Å². The quantitative estimate of drug-likeness (QED) is 0.605. The van der Waals surface area contributed by atoms with Gasteiger partial charge in [-0.1, -0.05) is 19.3 Å². The Morgan fingerprint density at radius 1 is 1.22 bits per heavy atom. The monoisotopic (exact) mass is 251 g/mol. The summed E-state index contributed by atoms with van der Waals surface area (Å²) >= 11 is 0. The zero-order valence-electron chi connectivity index (χ0n) is 11.3. The van der Waals surface area contributed by atoms with E-state index in [0.717, 1.165) is 19.3 Å². The molecule has 0 aromatic rings. The first-order chi connectivity index (χ1) is 8.29. The molecule has 0 radical (unpaired) electrons. The van der Waals surface area contributed by atoms with Crippen molar-refractivity contribution in [1.29, 1.82) is 0 Å². The minimum absolute atomic E-state index is 0.354. The van der Waals surface area contributed by atoms with Crippen LogP contribution in [0.5, 0.6) is 0 Å². The number of carbonyl (C=O) groups excluding carboxylic acids is 2. The number of ether oxygens (including phenoxy) is 1. The van der Waals surface area contributed by atoms with Crippen molar-refractivity contribution in [2.45, 2.75) is 64.0 Å². The molecule has 0 bridgehead atoms. The maximum absolute atomic E-state index is 11.9. The summed E-state index contributed by atoms with van der Waals surface area (Å²) in [6.07, 6.45) is 8.66. The van der Waals surface area contributed by atoms with Crippen molar-refractivity contribution in [3.8, 4) is 12.3 Å². The molecule has 1 fully saturated rings. The van der Waals surface area contributed by atoms with Crippen molar-refractivity contribution in [2.75, 3.05) is 0 Å². The Morgan fingerprint density at radius 2 is 1.78 bits per heavy atom. The summed E-state index contributed by atoms with van der Waals surface area (Å²) in [5.41, 5.74) is -1.51. The highest BCUT2D eigenvalue weighted by Gasteiger charge is 2.40. The van der Waals surface area contributed by atoms with E-state index in [-0.39, 0.29) is 5.78 Å². The molecule has 0 saturated heterocycles. The molecule has 100 valence electrons. The van der Waals surface area contributed by atoms with Crippen LogP contribution >= 0.6 is 0 Å². The number of terminal acetylenes is 1. The van der Waals surface area contributed by atoms with Crippen molar-refractivity contribution >= 4 is 11.9 Å². The van der Waals surface area contributed by atoms with Crippen LogP contribution in [0.15, 0.2) is 0 Å². The molecule has 1 aliphatic rings. The fourth-order valence-electron chi connectivity index (χ4n) is 2.20. The minimum atomic E-state index is -0.921. The molecule has 1 rings (SSSR count). The highest BCUT2D eigenvalue weighted by molar-refractivity contribution is 6.04. The maximum atomic E-state index is 11.9. The number of alkyl carbamates (subject to hydrolysis) is 1. The molecule has 0 unspecified atom stereocenters. The predicted octanol–water partition coefficient (Wildman–Crippen LogP) is 2.42. The number of carbonyl (C=O) groups is 2. The summed E-state index contributed by atoms with van der Waals surface area (Å²) in [5, 5.41) is 2.69. The van der Waals surface area contributed by atoms with Crippen molar-refractivity contribution in [3.05, 3.63) is 0 Å². The number of hydrogen-bond donors (Lipinski definition) is 1. The summed E-state index contributed by atoms with van der Waals surface area (Å²) in [6, 6.07) is 0. The van der Waals surface area contributed by atoms with Gasteiger partial charge in [-0.15, -0.1) is 6.42 Å². The van der Waals surface area contributed by atoms with Gasteiger partial charge in [-0.05, 0) is 39.5 Å². The number of amides is 1. The van der Waals surface area contributed by atoms with E-state index >= 15 is 0 Å². The third-order valence-electron chi connectivity index (χ3n) is 3.01. The van der Waals surface area contributed by atoms with Gasteiger partial charge in [0, 0.05) is 0 Å². The van der Waals surface area contributed by atoms with Gasteiger partial charge in [-0.3, -0.25) is 4.79 Å². The Labute approximate surface area is 108 Å². The summed E-state index contributed by atoms with van der Waals surface area (Å²) in [5.74, 6) is 1.78. The minimum Gasteiger partial charge on any atom is -0.444 e. The van der Waals surface area contributed by atoms with Crippen molar-refractivity contribution < 1.29 is 14.3 Å². The Hall–Kier alpha value is -1.50. The van der Waals surface area contributed by atoms with Gasteiger partial charge in [0.1, 0.15) is 11.1 Å². The smallest absolute Gasteiger partial charge is 0.408 e. The molecular formula is C14H21NO3. The standard InChI is InChI=1S/C14H21NO3/c1-5-11(16)14(9-7-6-8-10-14)15-12(17)18-13(2,3)4/h1H,6-10H2,2-4H3,(H,15,17). The van der Waals surface area contributed by atoms with E-state index in [1.165, 1.54) is 0 Å². The molecule has 0 aromatic heterocycles. The number of rotatable bonds is 2. The van der Waals surface area contributed by atoms with Gasteiger partial charge in [0.2, 0.25) is 5.78 Å². The molecule has 0 spiro atoms. The Bertz CT molecular complexity index is 367. The molecule has 1 aliphatic carbocycles. The maximum Gasteiger partial charge on any atom is 0.408 e. The third kappa shape index (κ3) is 3.76. The number of hydrogen-bond acceptors (Lipinski definition) is 3. The summed E-state index contributed by atoms with van der Waals surface area (Å²) in [7, 11) is 0. The zero-order chi connectivity index (χ0) is 13.8. The topological polar surface area (TPSA) is 55.4 Å². The van der Waals surface area contributed by atoms with Crippen LogP contribution in [0.25, 0.3) is 0 Å². The van der Waals surface area contributed by atoms with Crippen LogP contribution in [-0.2, 0) is 9.53 Å². The Kier molecular flexibility index (Phi) is 4.39. The Morgan fingerprint density at radius 3 is 2.22 bits per heavy atom. The number of ketones is 1. The average molecular weight is 251 g/mol. The van der Waals surface area contributed by atoms with Gasteiger partial charge in [-0.25, -0.2) is 4.79 Å². The molecule has 4 nitrogen and oxygen atoms in total. The van der Waals surface area contributed by atoms with Crippen LogP contribution in [0.1, 0.15) is 52.9 Å². The van der Waals surface area contributed by atoms with Crippen LogP contribution in [0.3, 0.4) is 0 Å². The van der Waals surface area contributed by atoms with Gasteiger partial charge < -0.3 is 10.1 Å².